The van der Waals surface area contributed by atoms with Crippen LogP contribution in [-0.2, 0) is 17.6 Å². The number of amides is 1. The summed E-state index contributed by atoms with van der Waals surface area (Å²) in [7, 11) is 0. The lowest BCUT2D eigenvalue weighted by Crippen LogP contribution is -2.30. The van der Waals surface area contributed by atoms with Gasteiger partial charge in [0.25, 0.3) is 0 Å². The maximum atomic E-state index is 12.8. The number of aryl methyl sites for hydroxylation is 1. The van der Waals surface area contributed by atoms with Crippen LogP contribution in [0, 0.1) is 6.92 Å². The summed E-state index contributed by atoms with van der Waals surface area (Å²) >= 11 is 0. The maximum Gasteiger partial charge on any atom is 0.231 e. The molecule has 0 saturated heterocycles. The largest absolute Gasteiger partial charge is 0.312 e. The summed E-state index contributed by atoms with van der Waals surface area (Å²) < 4.78 is 0. The van der Waals surface area contributed by atoms with Gasteiger partial charge in [0.05, 0.1) is 6.42 Å². The Labute approximate surface area is 148 Å². The van der Waals surface area contributed by atoms with Crippen molar-refractivity contribution in [2.45, 2.75) is 19.8 Å². The van der Waals surface area contributed by atoms with E-state index in [1.165, 1.54) is 16.7 Å². The molecule has 1 aliphatic rings. The van der Waals surface area contributed by atoms with Crippen molar-refractivity contribution in [3.63, 3.8) is 0 Å². The number of fused-ring (bicyclic) bond motifs is 1. The van der Waals surface area contributed by atoms with Crippen LogP contribution in [0.25, 0.3) is 11.1 Å². The van der Waals surface area contributed by atoms with Crippen LogP contribution in [0.3, 0.4) is 0 Å². The number of rotatable bonds is 3. The fourth-order valence-corrected chi connectivity index (χ4v) is 3.48. The van der Waals surface area contributed by atoms with Gasteiger partial charge in [-0.3, -0.25) is 9.78 Å². The van der Waals surface area contributed by atoms with Crippen molar-refractivity contribution in [3.05, 3.63) is 83.7 Å². The summed E-state index contributed by atoms with van der Waals surface area (Å²) in [6.45, 7) is 2.82. The molecule has 0 radical (unpaired) electrons. The van der Waals surface area contributed by atoms with Crippen LogP contribution in [-0.4, -0.2) is 17.4 Å². The number of benzene rings is 2. The average molecular weight is 328 g/mol. The third-order valence-corrected chi connectivity index (χ3v) is 4.73. The zero-order chi connectivity index (χ0) is 17.2. The molecule has 124 valence electrons. The topological polar surface area (TPSA) is 33.2 Å². The normalized spacial score (nSPS) is 12.9. The van der Waals surface area contributed by atoms with Crippen molar-refractivity contribution in [2.75, 3.05) is 11.4 Å². The van der Waals surface area contributed by atoms with E-state index in [2.05, 4.69) is 42.2 Å². The molecule has 2 aromatic carbocycles. The molecule has 2 heterocycles. The molecule has 0 unspecified atom stereocenters. The molecule has 3 nitrogen and oxygen atoms in total. The molecule has 0 N–H and O–H groups in total. The highest BCUT2D eigenvalue weighted by Gasteiger charge is 2.24. The van der Waals surface area contributed by atoms with Gasteiger partial charge in [0.2, 0.25) is 5.91 Å². The molecule has 1 aliphatic heterocycles. The average Bonchev–Trinajstić information content (AvgIpc) is 3.06. The summed E-state index contributed by atoms with van der Waals surface area (Å²) in [4.78, 5) is 18.8. The highest BCUT2D eigenvalue weighted by Crippen LogP contribution is 2.32. The first kappa shape index (κ1) is 15.6. The molecule has 0 fully saturated rings. The Balaban J connectivity index is 1.56. The van der Waals surface area contributed by atoms with Gasteiger partial charge in [-0.05, 0) is 59.9 Å². The van der Waals surface area contributed by atoms with Crippen LogP contribution in [0.2, 0.25) is 0 Å². The predicted octanol–water partition coefficient (Wildman–Crippen LogP) is 4.19. The fraction of sp³-hybridized carbons (Fsp3) is 0.182. The number of carbonyl (C=O) groups excluding carboxylic acids is 1. The minimum absolute atomic E-state index is 0.168. The second kappa shape index (κ2) is 6.52. The van der Waals surface area contributed by atoms with Crippen LogP contribution in [0.1, 0.15) is 16.7 Å². The molecule has 0 aliphatic carbocycles. The van der Waals surface area contributed by atoms with E-state index in [0.29, 0.717) is 6.42 Å². The zero-order valence-electron chi connectivity index (χ0n) is 14.3. The molecule has 0 atom stereocenters. The molecule has 1 amide bonds. The summed E-state index contributed by atoms with van der Waals surface area (Å²) in [5.41, 5.74) is 6.89. The van der Waals surface area contributed by atoms with Gasteiger partial charge in [0, 0.05) is 24.6 Å². The van der Waals surface area contributed by atoms with Gasteiger partial charge in [-0.25, -0.2) is 0 Å². The Morgan fingerprint density at radius 2 is 1.88 bits per heavy atom. The third-order valence-electron chi connectivity index (χ3n) is 4.73. The van der Waals surface area contributed by atoms with Gasteiger partial charge in [-0.1, -0.05) is 35.9 Å². The first-order chi connectivity index (χ1) is 12.2. The number of anilines is 1. The Bertz CT molecular complexity index is 918. The summed E-state index contributed by atoms with van der Waals surface area (Å²) in [6.07, 6.45) is 4.97. The van der Waals surface area contributed by atoms with Gasteiger partial charge in [-0.15, -0.1) is 0 Å². The summed E-state index contributed by atoms with van der Waals surface area (Å²) in [5, 5.41) is 0. The van der Waals surface area contributed by atoms with Crippen molar-refractivity contribution in [3.8, 4) is 11.1 Å². The summed E-state index contributed by atoms with van der Waals surface area (Å²) in [5.74, 6) is 0.168. The highest BCUT2D eigenvalue weighted by atomic mass is 16.2. The second-order valence-corrected chi connectivity index (χ2v) is 6.54. The fourth-order valence-electron chi connectivity index (χ4n) is 3.48. The van der Waals surface area contributed by atoms with E-state index in [4.69, 9.17) is 0 Å². The lowest BCUT2D eigenvalue weighted by Gasteiger charge is -2.18. The summed E-state index contributed by atoms with van der Waals surface area (Å²) in [6, 6.07) is 18.6. The van der Waals surface area contributed by atoms with Gasteiger partial charge >= 0.3 is 0 Å². The molecule has 1 aromatic heterocycles. The van der Waals surface area contributed by atoms with Crippen LogP contribution >= 0.6 is 0 Å². The van der Waals surface area contributed by atoms with E-state index >= 15 is 0 Å². The quantitative estimate of drug-likeness (QED) is 0.722. The molecule has 0 spiro atoms. The molecular formula is C22H20N2O. The molecule has 4 rings (SSSR count). The molecule has 3 aromatic rings. The van der Waals surface area contributed by atoms with Crippen LogP contribution in [0.5, 0.6) is 0 Å². The van der Waals surface area contributed by atoms with E-state index in [9.17, 15) is 4.79 Å². The van der Waals surface area contributed by atoms with Crippen molar-refractivity contribution in [1.29, 1.82) is 0 Å². The van der Waals surface area contributed by atoms with Gasteiger partial charge in [0.1, 0.15) is 0 Å². The van der Waals surface area contributed by atoms with Crippen molar-refractivity contribution in [2.24, 2.45) is 0 Å². The number of hydrogen-bond acceptors (Lipinski definition) is 2. The van der Waals surface area contributed by atoms with Crippen LogP contribution < -0.4 is 4.90 Å². The first-order valence-electron chi connectivity index (χ1n) is 8.60. The predicted molar refractivity (Wildman–Crippen MR) is 101 cm³/mol. The number of hydrogen-bond donors (Lipinski definition) is 0. The van der Waals surface area contributed by atoms with Gasteiger partial charge in [-0.2, -0.15) is 0 Å². The maximum absolute atomic E-state index is 12.8. The van der Waals surface area contributed by atoms with Crippen LogP contribution in [0.15, 0.2) is 67.0 Å². The Kier molecular flexibility index (Phi) is 4.06. The Morgan fingerprint density at radius 1 is 1.04 bits per heavy atom. The van der Waals surface area contributed by atoms with E-state index in [0.717, 1.165) is 29.8 Å². The van der Waals surface area contributed by atoms with E-state index in [-0.39, 0.29) is 5.91 Å². The minimum atomic E-state index is 0.168. The molecule has 3 heteroatoms. The monoisotopic (exact) mass is 328 g/mol. The number of pyridine rings is 1. The molecule has 0 saturated carbocycles. The highest BCUT2D eigenvalue weighted by molar-refractivity contribution is 5.97. The first-order valence-corrected chi connectivity index (χ1v) is 8.60. The van der Waals surface area contributed by atoms with Gasteiger partial charge < -0.3 is 4.90 Å². The number of nitrogens with zero attached hydrogens (tertiary/aromatic N) is 2. The Hall–Kier alpha value is -2.94. The number of aromatic nitrogens is 1. The van der Waals surface area contributed by atoms with Crippen molar-refractivity contribution >= 4 is 11.6 Å². The molecule has 25 heavy (non-hydrogen) atoms. The van der Waals surface area contributed by atoms with Crippen LogP contribution in [0.4, 0.5) is 5.69 Å². The Morgan fingerprint density at radius 3 is 2.68 bits per heavy atom. The van der Waals surface area contributed by atoms with Gasteiger partial charge in [0.15, 0.2) is 0 Å². The van der Waals surface area contributed by atoms with Crippen molar-refractivity contribution < 1.29 is 4.79 Å². The third kappa shape index (κ3) is 3.18. The molecule has 0 bridgehead atoms. The van der Waals surface area contributed by atoms with E-state index in [1.54, 1.807) is 12.4 Å². The van der Waals surface area contributed by atoms with E-state index < -0.39 is 0 Å². The SMILES string of the molecule is Cc1cccc(CC(=O)N2CCc3cc(-c4ccncc4)ccc32)c1. The van der Waals surface area contributed by atoms with Crippen molar-refractivity contribution in [1.82, 2.24) is 4.98 Å². The standard InChI is InChI=1S/C22H20N2O/c1-16-3-2-4-17(13-16)14-22(25)24-12-9-20-15-19(5-6-21(20)24)18-7-10-23-11-8-18/h2-8,10-11,13,15H,9,12,14H2,1H3. The second-order valence-electron chi connectivity index (χ2n) is 6.54. The minimum Gasteiger partial charge on any atom is -0.312 e. The zero-order valence-corrected chi connectivity index (χ0v) is 14.3. The smallest absolute Gasteiger partial charge is 0.231 e. The van der Waals surface area contributed by atoms with E-state index in [1.807, 2.05) is 29.2 Å². The lowest BCUT2D eigenvalue weighted by molar-refractivity contribution is -0.117. The number of carbonyl (C=O) groups is 1. The lowest BCUT2D eigenvalue weighted by atomic mass is 10.0. The molecular weight excluding hydrogens is 308 g/mol.